The van der Waals surface area contributed by atoms with E-state index in [-0.39, 0.29) is 11.8 Å². The third kappa shape index (κ3) is 4.82. The van der Waals surface area contributed by atoms with Crippen molar-refractivity contribution in [2.75, 3.05) is 20.2 Å². The Kier molecular flexibility index (Phi) is 6.71. The summed E-state index contributed by atoms with van der Waals surface area (Å²) >= 11 is 0. The number of carbonyl (C=O) groups is 2. The van der Waals surface area contributed by atoms with Gasteiger partial charge in [0.25, 0.3) is 11.8 Å². The van der Waals surface area contributed by atoms with Crippen LogP contribution < -0.4 is 10.1 Å². The van der Waals surface area contributed by atoms with E-state index in [2.05, 4.69) is 10.3 Å². The number of fused-ring (bicyclic) bond motifs is 1. The molecule has 7 nitrogen and oxygen atoms in total. The summed E-state index contributed by atoms with van der Waals surface area (Å²) in [6.07, 6.45) is 7.36. The molecule has 1 fully saturated rings. The van der Waals surface area contributed by atoms with Crippen LogP contribution in [0, 0.1) is 6.92 Å². The Morgan fingerprint density at radius 2 is 1.83 bits per heavy atom. The molecule has 1 saturated heterocycles. The predicted molar refractivity (Wildman–Crippen MR) is 138 cm³/mol. The van der Waals surface area contributed by atoms with E-state index in [0.29, 0.717) is 42.4 Å². The van der Waals surface area contributed by atoms with E-state index < -0.39 is 0 Å². The smallest absolute Gasteiger partial charge is 0.257 e. The maximum Gasteiger partial charge on any atom is 0.257 e. The van der Waals surface area contributed by atoms with E-state index in [1.807, 2.05) is 83.2 Å². The first-order valence-corrected chi connectivity index (χ1v) is 12.3. The number of aromatic nitrogens is 2. The van der Waals surface area contributed by atoms with Gasteiger partial charge >= 0.3 is 0 Å². The lowest BCUT2D eigenvalue weighted by Gasteiger charge is -2.33. The van der Waals surface area contributed by atoms with Gasteiger partial charge in [0, 0.05) is 43.8 Å². The Morgan fingerprint density at radius 3 is 2.58 bits per heavy atom. The van der Waals surface area contributed by atoms with E-state index in [9.17, 15) is 9.59 Å². The van der Waals surface area contributed by atoms with Gasteiger partial charge in [-0.25, -0.2) is 4.98 Å². The summed E-state index contributed by atoms with van der Waals surface area (Å²) in [7, 11) is 1.60. The normalized spacial score (nSPS) is 14.1. The molecule has 5 rings (SSSR count). The summed E-state index contributed by atoms with van der Waals surface area (Å²) < 4.78 is 7.37. The van der Waals surface area contributed by atoms with Crippen molar-refractivity contribution in [2.24, 2.45) is 0 Å². The number of aryl methyl sites for hydroxylation is 1. The van der Waals surface area contributed by atoms with Gasteiger partial charge in [-0.1, -0.05) is 24.3 Å². The molecule has 2 aromatic heterocycles. The molecule has 36 heavy (non-hydrogen) atoms. The average Bonchev–Trinajstić information content (AvgIpc) is 3.39. The SMILES string of the molecule is COc1cccc(C)c1C(=O)N1CCC(c2ccc(C(=O)NCc3ccn4ccnc4c3)cc2)CC1. The van der Waals surface area contributed by atoms with Crippen LogP contribution in [0.2, 0.25) is 0 Å². The average molecular weight is 483 g/mol. The number of hydrogen-bond acceptors (Lipinski definition) is 4. The quantitative estimate of drug-likeness (QED) is 0.436. The zero-order valence-electron chi connectivity index (χ0n) is 20.6. The fraction of sp³-hybridized carbons (Fsp3) is 0.276. The van der Waals surface area contributed by atoms with E-state index in [1.165, 1.54) is 5.56 Å². The van der Waals surface area contributed by atoms with Gasteiger partial charge in [-0.3, -0.25) is 9.59 Å². The monoisotopic (exact) mass is 482 g/mol. The molecule has 184 valence electrons. The maximum absolute atomic E-state index is 13.2. The largest absolute Gasteiger partial charge is 0.496 e. The van der Waals surface area contributed by atoms with Crippen molar-refractivity contribution in [1.29, 1.82) is 0 Å². The molecule has 7 heteroatoms. The third-order valence-electron chi connectivity index (χ3n) is 7.01. The van der Waals surface area contributed by atoms with Gasteiger partial charge in [-0.05, 0) is 72.7 Å². The van der Waals surface area contributed by atoms with Gasteiger partial charge in [0.2, 0.25) is 0 Å². The first-order valence-electron chi connectivity index (χ1n) is 12.3. The second kappa shape index (κ2) is 10.2. The molecule has 2 amide bonds. The summed E-state index contributed by atoms with van der Waals surface area (Å²) in [4.78, 5) is 32.0. The minimum Gasteiger partial charge on any atom is -0.496 e. The van der Waals surface area contributed by atoms with Crippen LogP contribution >= 0.6 is 0 Å². The number of amides is 2. The van der Waals surface area contributed by atoms with E-state index in [1.54, 1.807) is 13.3 Å². The van der Waals surface area contributed by atoms with Crippen LogP contribution in [0.5, 0.6) is 5.75 Å². The Hall–Kier alpha value is -4.13. The van der Waals surface area contributed by atoms with E-state index in [4.69, 9.17) is 4.74 Å². The maximum atomic E-state index is 13.2. The minimum absolute atomic E-state index is 0.0299. The number of hydrogen-bond donors (Lipinski definition) is 1. The number of ether oxygens (including phenoxy) is 1. The minimum atomic E-state index is -0.0997. The Morgan fingerprint density at radius 1 is 1.06 bits per heavy atom. The van der Waals surface area contributed by atoms with Crippen LogP contribution in [0.1, 0.15) is 56.2 Å². The molecular formula is C29H30N4O3. The van der Waals surface area contributed by atoms with Gasteiger partial charge in [-0.2, -0.15) is 0 Å². The lowest BCUT2D eigenvalue weighted by molar-refractivity contribution is 0.0708. The van der Waals surface area contributed by atoms with Gasteiger partial charge in [0.1, 0.15) is 11.4 Å². The third-order valence-corrected chi connectivity index (χ3v) is 7.01. The number of piperidine rings is 1. The number of likely N-dealkylation sites (tertiary alicyclic amines) is 1. The van der Waals surface area contributed by atoms with Crippen LogP contribution in [-0.2, 0) is 6.54 Å². The summed E-state index contributed by atoms with van der Waals surface area (Å²) in [5.74, 6) is 0.920. The molecule has 0 bridgehead atoms. The number of methoxy groups -OCH3 is 1. The first kappa shape index (κ1) is 23.6. The van der Waals surface area contributed by atoms with Gasteiger partial charge in [0.05, 0.1) is 12.7 Å². The van der Waals surface area contributed by atoms with Crippen molar-refractivity contribution < 1.29 is 14.3 Å². The van der Waals surface area contributed by atoms with Crippen LogP contribution in [0.25, 0.3) is 5.65 Å². The summed E-state index contributed by atoms with van der Waals surface area (Å²) in [5.41, 5.74) is 5.29. The Bertz CT molecular complexity index is 1390. The van der Waals surface area contributed by atoms with E-state index >= 15 is 0 Å². The zero-order chi connectivity index (χ0) is 25.1. The number of nitrogens with zero attached hydrogens (tertiary/aromatic N) is 3. The topological polar surface area (TPSA) is 75.9 Å². The number of imidazole rings is 1. The molecule has 1 N–H and O–H groups in total. The van der Waals surface area contributed by atoms with E-state index in [0.717, 1.165) is 29.6 Å². The highest BCUT2D eigenvalue weighted by Gasteiger charge is 2.27. The second-order valence-electron chi connectivity index (χ2n) is 9.25. The molecule has 3 heterocycles. The van der Waals surface area contributed by atoms with Crippen LogP contribution in [-0.4, -0.2) is 46.3 Å². The fourth-order valence-electron chi connectivity index (χ4n) is 4.91. The molecule has 0 spiro atoms. The molecular weight excluding hydrogens is 452 g/mol. The molecule has 0 unspecified atom stereocenters. The molecule has 0 atom stereocenters. The number of pyridine rings is 1. The summed E-state index contributed by atoms with van der Waals surface area (Å²) in [6.45, 7) is 3.79. The summed E-state index contributed by atoms with van der Waals surface area (Å²) in [5, 5.41) is 2.99. The van der Waals surface area contributed by atoms with Gasteiger partial charge < -0.3 is 19.4 Å². The molecule has 4 aromatic rings. The molecule has 2 aromatic carbocycles. The van der Waals surface area contributed by atoms with Crippen LogP contribution in [0.15, 0.2) is 73.2 Å². The van der Waals surface area contributed by atoms with Crippen molar-refractivity contribution in [3.05, 3.63) is 101 Å². The molecule has 1 aliphatic rings. The lowest BCUT2D eigenvalue weighted by Crippen LogP contribution is -2.38. The highest BCUT2D eigenvalue weighted by molar-refractivity contribution is 5.98. The second-order valence-corrected chi connectivity index (χ2v) is 9.25. The highest BCUT2D eigenvalue weighted by Crippen LogP contribution is 2.31. The molecule has 1 aliphatic heterocycles. The fourth-order valence-corrected chi connectivity index (χ4v) is 4.91. The molecule has 0 aliphatic carbocycles. The van der Waals surface area contributed by atoms with Gasteiger partial charge in [0.15, 0.2) is 0 Å². The lowest BCUT2D eigenvalue weighted by atomic mass is 9.88. The van der Waals surface area contributed by atoms with Crippen LogP contribution in [0.4, 0.5) is 0 Å². The Labute approximate surface area is 210 Å². The van der Waals surface area contributed by atoms with Crippen molar-refractivity contribution in [1.82, 2.24) is 19.6 Å². The molecule has 0 saturated carbocycles. The van der Waals surface area contributed by atoms with Crippen molar-refractivity contribution >= 4 is 17.5 Å². The first-order chi connectivity index (χ1) is 17.5. The van der Waals surface area contributed by atoms with Crippen molar-refractivity contribution in [3.8, 4) is 5.75 Å². The van der Waals surface area contributed by atoms with Crippen LogP contribution in [0.3, 0.4) is 0 Å². The predicted octanol–water partition coefficient (Wildman–Crippen LogP) is 4.60. The molecule has 0 radical (unpaired) electrons. The van der Waals surface area contributed by atoms with Crippen molar-refractivity contribution in [2.45, 2.75) is 32.2 Å². The zero-order valence-corrected chi connectivity index (χ0v) is 20.6. The number of carbonyl (C=O) groups excluding carboxylic acids is 2. The van der Waals surface area contributed by atoms with Crippen molar-refractivity contribution in [3.63, 3.8) is 0 Å². The number of benzene rings is 2. The number of nitrogens with one attached hydrogen (secondary N) is 1. The standard InChI is InChI=1S/C29H30N4O3/c1-20-4-3-5-25(36-2)27(20)29(35)33-15-11-23(12-16-33)22-6-8-24(9-7-22)28(34)31-19-21-10-14-32-17-13-30-26(32)18-21/h3-10,13-14,17-18,23H,11-12,15-16,19H2,1-2H3,(H,31,34). The number of rotatable bonds is 6. The van der Waals surface area contributed by atoms with Gasteiger partial charge in [-0.15, -0.1) is 0 Å². The highest BCUT2D eigenvalue weighted by atomic mass is 16.5. The Balaban J connectivity index is 1.16. The summed E-state index contributed by atoms with van der Waals surface area (Å²) in [6, 6.07) is 17.5.